The summed E-state index contributed by atoms with van der Waals surface area (Å²) in [5.41, 5.74) is 8.23. The molecule has 2 N–H and O–H groups in total. The number of anilines is 1. The number of halogens is 1. The molecule has 0 atom stereocenters. The van der Waals surface area contributed by atoms with Gasteiger partial charge in [0.2, 0.25) is 0 Å². The standard InChI is InChI=1S/C13H11FN4/c1-18-6-10(8-3-2-4-9(14)5-8)11-12(15)16-7-17-13(11)18/h2-7H,1H3,(H2,15,16,17). The van der Waals surface area contributed by atoms with Gasteiger partial charge in [0.15, 0.2) is 0 Å². The Morgan fingerprint density at radius 3 is 2.89 bits per heavy atom. The SMILES string of the molecule is Cn1cc(-c2cccc(F)c2)c2c(N)ncnc21. The molecule has 0 aliphatic heterocycles. The third-order valence-corrected chi connectivity index (χ3v) is 2.92. The van der Waals surface area contributed by atoms with Gasteiger partial charge in [0, 0.05) is 18.8 Å². The van der Waals surface area contributed by atoms with Crippen molar-refractivity contribution in [2.75, 3.05) is 5.73 Å². The maximum absolute atomic E-state index is 13.3. The predicted molar refractivity (Wildman–Crippen MR) is 68.3 cm³/mol. The molecule has 0 spiro atoms. The minimum atomic E-state index is -0.278. The molecule has 0 amide bonds. The fraction of sp³-hybridized carbons (Fsp3) is 0.0769. The number of nitrogens with two attached hydrogens (primary N) is 1. The highest BCUT2D eigenvalue weighted by Crippen LogP contribution is 2.32. The number of hydrogen-bond acceptors (Lipinski definition) is 3. The molecule has 0 saturated heterocycles. The second kappa shape index (κ2) is 3.80. The van der Waals surface area contributed by atoms with Crippen LogP contribution in [0, 0.1) is 5.82 Å². The van der Waals surface area contributed by atoms with Crippen LogP contribution in [0.5, 0.6) is 0 Å². The lowest BCUT2D eigenvalue weighted by Gasteiger charge is -2.01. The Hall–Kier alpha value is -2.43. The van der Waals surface area contributed by atoms with E-state index < -0.39 is 0 Å². The molecule has 2 aromatic heterocycles. The average Bonchev–Trinajstić information content (AvgIpc) is 2.69. The van der Waals surface area contributed by atoms with Gasteiger partial charge in [-0.3, -0.25) is 0 Å². The number of aryl methyl sites for hydroxylation is 1. The molecule has 0 radical (unpaired) electrons. The van der Waals surface area contributed by atoms with Gasteiger partial charge in [-0.05, 0) is 17.7 Å². The fourth-order valence-electron chi connectivity index (χ4n) is 2.11. The van der Waals surface area contributed by atoms with Gasteiger partial charge < -0.3 is 10.3 Å². The number of aromatic nitrogens is 3. The molecule has 0 aliphatic carbocycles. The Morgan fingerprint density at radius 2 is 2.11 bits per heavy atom. The zero-order valence-electron chi connectivity index (χ0n) is 9.76. The Balaban J connectivity index is 2.36. The van der Waals surface area contributed by atoms with Gasteiger partial charge in [-0.15, -0.1) is 0 Å². The second-order valence-electron chi connectivity index (χ2n) is 4.12. The summed E-state index contributed by atoms with van der Waals surface area (Å²) in [5.74, 6) is 0.125. The molecule has 2 heterocycles. The molecule has 0 unspecified atom stereocenters. The Kier molecular flexibility index (Phi) is 2.26. The molecule has 5 heteroatoms. The number of nitrogen functional groups attached to an aromatic ring is 1. The van der Waals surface area contributed by atoms with Crippen molar-refractivity contribution >= 4 is 16.9 Å². The molecule has 0 fully saturated rings. The van der Waals surface area contributed by atoms with Gasteiger partial charge in [0.25, 0.3) is 0 Å². The summed E-state index contributed by atoms with van der Waals surface area (Å²) in [5, 5.41) is 0.755. The zero-order chi connectivity index (χ0) is 12.7. The smallest absolute Gasteiger partial charge is 0.145 e. The van der Waals surface area contributed by atoms with E-state index in [0.717, 1.165) is 22.2 Å². The highest BCUT2D eigenvalue weighted by molar-refractivity contribution is 6.00. The first-order valence-electron chi connectivity index (χ1n) is 5.48. The van der Waals surface area contributed by atoms with Crippen molar-refractivity contribution in [2.24, 2.45) is 7.05 Å². The van der Waals surface area contributed by atoms with Crippen LogP contribution in [0.3, 0.4) is 0 Å². The van der Waals surface area contributed by atoms with Crippen LogP contribution in [0.25, 0.3) is 22.2 Å². The van der Waals surface area contributed by atoms with E-state index in [1.54, 1.807) is 6.07 Å². The zero-order valence-corrected chi connectivity index (χ0v) is 9.76. The van der Waals surface area contributed by atoms with Crippen molar-refractivity contribution < 1.29 is 4.39 Å². The Bertz CT molecular complexity index is 733. The first kappa shape index (κ1) is 10.7. The van der Waals surface area contributed by atoms with Crippen LogP contribution in [-0.2, 0) is 7.05 Å². The van der Waals surface area contributed by atoms with Crippen LogP contribution in [0.1, 0.15) is 0 Å². The van der Waals surface area contributed by atoms with E-state index in [2.05, 4.69) is 9.97 Å². The monoisotopic (exact) mass is 242 g/mol. The van der Waals surface area contributed by atoms with Crippen molar-refractivity contribution in [3.8, 4) is 11.1 Å². The van der Waals surface area contributed by atoms with Crippen LogP contribution in [0.4, 0.5) is 10.2 Å². The summed E-state index contributed by atoms with van der Waals surface area (Å²) < 4.78 is 15.1. The maximum Gasteiger partial charge on any atom is 0.145 e. The second-order valence-corrected chi connectivity index (χ2v) is 4.12. The number of rotatable bonds is 1. The summed E-state index contributed by atoms with van der Waals surface area (Å²) in [4.78, 5) is 8.18. The van der Waals surface area contributed by atoms with Crippen LogP contribution in [0.2, 0.25) is 0 Å². The molecule has 4 nitrogen and oxygen atoms in total. The lowest BCUT2D eigenvalue weighted by molar-refractivity contribution is 0.628. The molecule has 0 aliphatic rings. The van der Waals surface area contributed by atoms with Gasteiger partial charge >= 0.3 is 0 Å². The quantitative estimate of drug-likeness (QED) is 0.712. The first-order valence-corrected chi connectivity index (χ1v) is 5.48. The lowest BCUT2D eigenvalue weighted by Crippen LogP contribution is -1.94. The summed E-state index contributed by atoms with van der Waals surface area (Å²) >= 11 is 0. The van der Waals surface area contributed by atoms with E-state index in [-0.39, 0.29) is 5.82 Å². The van der Waals surface area contributed by atoms with E-state index in [4.69, 9.17) is 5.73 Å². The summed E-state index contributed by atoms with van der Waals surface area (Å²) in [6, 6.07) is 6.39. The molecule has 0 saturated carbocycles. The normalized spacial score (nSPS) is 11.0. The summed E-state index contributed by atoms with van der Waals surface area (Å²) in [6.07, 6.45) is 3.30. The maximum atomic E-state index is 13.3. The third-order valence-electron chi connectivity index (χ3n) is 2.92. The van der Waals surface area contributed by atoms with Crippen LogP contribution >= 0.6 is 0 Å². The van der Waals surface area contributed by atoms with E-state index >= 15 is 0 Å². The predicted octanol–water partition coefficient (Wildman–Crippen LogP) is 2.36. The number of hydrogen-bond donors (Lipinski definition) is 1. The van der Waals surface area contributed by atoms with E-state index in [1.165, 1.54) is 18.5 Å². The molecule has 90 valence electrons. The third kappa shape index (κ3) is 1.52. The minimum Gasteiger partial charge on any atom is -0.383 e. The molecule has 3 rings (SSSR count). The molecule has 1 aromatic carbocycles. The highest BCUT2D eigenvalue weighted by atomic mass is 19.1. The van der Waals surface area contributed by atoms with Crippen LogP contribution in [0.15, 0.2) is 36.8 Å². The van der Waals surface area contributed by atoms with Crippen molar-refractivity contribution in [3.63, 3.8) is 0 Å². The van der Waals surface area contributed by atoms with Gasteiger partial charge in [-0.1, -0.05) is 12.1 Å². The fourth-order valence-corrected chi connectivity index (χ4v) is 2.11. The van der Waals surface area contributed by atoms with E-state index in [1.807, 2.05) is 23.9 Å². The van der Waals surface area contributed by atoms with Gasteiger partial charge in [-0.2, -0.15) is 0 Å². The number of nitrogens with zero attached hydrogens (tertiary/aromatic N) is 3. The Labute approximate surface area is 103 Å². The largest absolute Gasteiger partial charge is 0.383 e. The molecule has 18 heavy (non-hydrogen) atoms. The van der Waals surface area contributed by atoms with Crippen molar-refractivity contribution in [1.29, 1.82) is 0 Å². The van der Waals surface area contributed by atoms with Gasteiger partial charge in [0.1, 0.15) is 23.6 Å². The minimum absolute atomic E-state index is 0.278. The molecule has 0 bridgehead atoms. The van der Waals surface area contributed by atoms with Crippen LogP contribution < -0.4 is 5.73 Å². The van der Waals surface area contributed by atoms with Crippen molar-refractivity contribution in [1.82, 2.24) is 14.5 Å². The van der Waals surface area contributed by atoms with Gasteiger partial charge in [0.05, 0.1) is 5.39 Å². The molecular formula is C13H11FN4. The highest BCUT2D eigenvalue weighted by Gasteiger charge is 2.13. The average molecular weight is 242 g/mol. The molecular weight excluding hydrogens is 231 g/mol. The Morgan fingerprint density at radius 1 is 1.28 bits per heavy atom. The summed E-state index contributed by atoms with van der Waals surface area (Å²) in [7, 11) is 1.87. The topological polar surface area (TPSA) is 56.7 Å². The van der Waals surface area contributed by atoms with E-state index in [9.17, 15) is 4.39 Å². The van der Waals surface area contributed by atoms with Crippen molar-refractivity contribution in [2.45, 2.75) is 0 Å². The lowest BCUT2D eigenvalue weighted by atomic mass is 10.1. The molecule has 3 aromatic rings. The number of benzene rings is 1. The number of fused-ring (bicyclic) bond motifs is 1. The van der Waals surface area contributed by atoms with E-state index in [0.29, 0.717) is 5.82 Å². The van der Waals surface area contributed by atoms with Gasteiger partial charge in [-0.25, -0.2) is 14.4 Å². The summed E-state index contributed by atoms with van der Waals surface area (Å²) in [6.45, 7) is 0. The van der Waals surface area contributed by atoms with Crippen molar-refractivity contribution in [3.05, 3.63) is 42.6 Å². The van der Waals surface area contributed by atoms with Crippen LogP contribution in [-0.4, -0.2) is 14.5 Å². The first-order chi connectivity index (χ1) is 8.66.